The number of fused-ring (bicyclic) bond motifs is 1. The predicted octanol–water partition coefficient (Wildman–Crippen LogP) is 5.00. The molecule has 8 heteroatoms. The van der Waals surface area contributed by atoms with Crippen molar-refractivity contribution in [1.82, 2.24) is 30.2 Å². The van der Waals surface area contributed by atoms with Crippen molar-refractivity contribution in [2.45, 2.75) is 58.7 Å². The number of nitrogens with zero attached hydrogens (tertiary/aromatic N) is 5. The van der Waals surface area contributed by atoms with Crippen molar-refractivity contribution < 1.29 is 4.79 Å². The fourth-order valence-electron chi connectivity index (χ4n) is 5.09. The lowest BCUT2D eigenvalue weighted by Gasteiger charge is -2.35. The first-order valence-electron chi connectivity index (χ1n) is 12.8. The summed E-state index contributed by atoms with van der Waals surface area (Å²) in [6.45, 7) is 5.90. The molecule has 0 aliphatic heterocycles. The van der Waals surface area contributed by atoms with E-state index in [-0.39, 0.29) is 5.91 Å². The Kier molecular flexibility index (Phi) is 7.96. The summed E-state index contributed by atoms with van der Waals surface area (Å²) < 4.78 is 0. The van der Waals surface area contributed by atoms with Gasteiger partial charge in [0.15, 0.2) is 0 Å². The first kappa shape index (κ1) is 25.2. The first-order valence-corrected chi connectivity index (χ1v) is 13.7. The Balaban J connectivity index is 1.27. The minimum absolute atomic E-state index is 0.142. The maximum atomic E-state index is 12.7. The van der Waals surface area contributed by atoms with E-state index in [4.69, 9.17) is 4.98 Å². The van der Waals surface area contributed by atoms with Crippen LogP contribution >= 0.6 is 11.3 Å². The van der Waals surface area contributed by atoms with E-state index in [1.165, 1.54) is 34.6 Å². The minimum atomic E-state index is -0.142. The number of rotatable bonds is 9. The average molecular weight is 513 g/mol. The molecule has 1 unspecified atom stereocenters. The summed E-state index contributed by atoms with van der Waals surface area (Å²) in [5.41, 5.74) is 6.84. The normalized spacial score (nSPS) is 14.9. The molecule has 190 valence electrons. The Morgan fingerprint density at radius 1 is 1.03 bits per heavy atom. The van der Waals surface area contributed by atoms with Gasteiger partial charge in [0.1, 0.15) is 6.33 Å². The highest BCUT2D eigenvalue weighted by atomic mass is 32.1. The van der Waals surface area contributed by atoms with Gasteiger partial charge < -0.3 is 5.32 Å². The van der Waals surface area contributed by atoms with E-state index in [9.17, 15) is 4.79 Å². The third-order valence-corrected chi connectivity index (χ3v) is 7.86. The number of nitrogens with one attached hydrogen (secondary N) is 1. The van der Waals surface area contributed by atoms with Crippen LogP contribution in [0.1, 0.15) is 68.0 Å². The number of carbonyl (C=O) groups is 1. The standard InChI is InChI=1S/C29H32N6OS/c1-20-27(21(2)34-19-33-20)29(36)32-17-22-8-10-23(11-9-22)18-35(15-12-26-30-14-16-37-26)25-7-3-5-24-6-4-13-31-28(24)25/h4,6,8-11,13-14,16,19,25H,3,5,7,12,15,17-18H2,1-2H3,(H,32,36). The second-order valence-corrected chi connectivity index (χ2v) is 10.5. The van der Waals surface area contributed by atoms with Crippen LogP contribution in [0.2, 0.25) is 0 Å². The molecule has 1 N–H and O–H groups in total. The molecular weight excluding hydrogens is 480 g/mol. The molecule has 3 aromatic heterocycles. The fraction of sp³-hybridized carbons (Fsp3) is 0.345. The summed E-state index contributed by atoms with van der Waals surface area (Å²) in [7, 11) is 0. The second-order valence-electron chi connectivity index (χ2n) is 9.52. The monoisotopic (exact) mass is 512 g/mol. The van der Waals surface area contributed by atoms with Gasteiger partial charge in [-0.05, 0) is 55.9 Å². The lowest BCUT2D eigenvalue weighted by Crippen LogP contribution is -2.33. The van der Waals surface area contributed by atoms with Gasteiger partial charge in [0.05, 0.1) is 33.7 Å². The van der Waals surface area contributed by atoms with E-state index >= 15 is 0 Å². The molecule has 0 saturated heterocycles. The van der Waals surface area contributed by atoms with Crippen molar-refractivity contribution in [3.05, 3.63) is 105 Å². The molecule has 3 heterocycles. The largest absolute Gasteiger partial charge is 0.348 e. The van der Waals surface area contributed by atoms with Crippen molar-refractivity contribution in [3.63, 3.8) is 0 Å². The van der Waals surface area contributed by atoms with Crippen LogP contribution in [0.4, 0.5) is 0 Å². The first-order chi connectivity index (χ1) is 18.1. The summed E-state index contributed by atoms with van der Waals surface area (Å²) >= 11 is 1.72. The summed E-state index contributed by atoms with van der Waals surface area (Å²) in [5, 5.41) is 6.23. The Bertz CT molecular complexity index is 1320. The number of benzene rings is 1. The van der Waals surface area contributed by atoms with E-state index in [2.05, 4.69) is 55.5 Å². The van der Waals surface area contributed by atoms with Crippen molar-refractivity contribution in [2.24, 2.45) is 0 Å². The zero-order chi connectivity index (χ0) is 25.6. The number of aromatic nitrogens is 4. The van der Waals surface area contributed by atoms with Crippen LogP contribution in [-0.4, -0.2) is 37.3 Å². The molecule has 4 aromatic rings. The number of pyridine rings is 1. The number of hydrogen-bond acceptors (Lipinski definition) is 7. The van der Waals surface area contributed by atoms with Crippen LogP contribution in [0, 0.1) is 13.8 Å². The molecule has 0 spiro atoms. The molecule has 1 atom stereocenters. The van der Waals surface area contributed by atoms with Gasteiger partial charge in [-0.3, -0.25) is 14.7 Å². The quantitative estimate of drug-likeness (QED) is 0.340. The van der Waals surface area contributed by atoms with E-state index in [1.54, 1.807) is 11.3 Å². The number of thiazole rings is 1. The van der Waals surface area contributed by atoms with Crippen molar-refractivity contribution in [2.75, 3.05) is 6.54 Å². The zero-order valence-electron chi connectivity index (χ0n) is 21.4. The lowest BCUT2D eigenvalue weighted by molar-refractivity contribution is 0.0948. The van der Waals surface area contributed by atoms with Gasteiger partial charge in [-0.2, -0.15) is 0 Å². The molecule has 0 bridgehead atoms. The highest BCUT2D eigenvalue weighted by molar-refractivity contribution is 7.09. The topological polar surface area (TPSA) is 83.9 Å². The summed E-state index contributed by atoms with van der Waals surface area (Å²) in [6.07, 6.45) is 9.63. The van der Waals surface area contributed by atoms with E-state index < -0.39 is 0 Å². The van der Waals surface area contributed by atoms with Crippen molar-refractivity contribution >= 4 is 17.2 Å². The molecule has 1 aliphatic rings. The van der Waals surface area contributed by atoms with Crippen LogP contribution in [-0.2, 0) is 25.9 Å². The maximum Gasteiger partial charge on any atom is 0.255 e. The summed E-state index contributed by atoms with van der Waals surface area (Å²) in [6, 6.07) is 13.1. The zero-order valence-corrected chi connectivity index (χ0v) is 22.2. The van der Waals surface area contributed by atoms with Gasteiger partial charge in [0, 0.05) is 43.8 Å². The average Bonchev–Trinajstić information content (AvgIpc) is 3.44. The van der Waals surface area contributed by atoms with Gasteiger partial charge in [0.2, 0.25) is 0 Å². The third-order valence-electron chi connectivity index (χ3n) is 7.02. The van der Waals surface area contributed by atoms with Crippen LogP contribution in [0.3, 0.4) is 0 Å². The van der Waals surface area contributed by atoms with Crippen molar-refractivity contribution in [1.29, 1.82) is 0 Å². The van der Waals surface area contributed by atoms with Crippen LogP contribution in [0.5, 0.6) is 0 Å². The molecule has 0 fully saturated rings. The number of hydrogen-bond donors (Lipinski definition) is 1. The maximum absolute atomic E-state index is 12.7. The Morgan fingerprint density at radius 3 is 2.57 bits per heavy atom. The van der Waals surface area contributed by atoms with E-state index in [0.717, 1.165) is 37.9 Å². The van der Waals surface area contributed by atoms with Crippen LogP contribution in [0.25, 0.3) is 0 Å². The van der Waals surface area contributed by atoms with Gasteiger partial charge in [-0.1, -0.05) is 30.3 Å². The molecular formula is C29H32N6OS. The second kappa shape index (κ2) is 11.7. The number of aryl methyl sites for hydroxylation is 3. The summed E-state index contributed by atoms with van der Waals surface area (Å²) in [5.74, 6) is -0.142. The Morgan fingerprint density at radius 2 is 1.81 bits per heavy atom. The van der Waals surface area contributed by atoms with Crippen molar-refractivity contribution in [3.8, 4) is 0 Å². The fourth-order valence-corrected chi connectivity index (χ4v) is 5.70. The van der Waals surface area contributed by atoms with E-state index in [1.807, 2.05) is 37.7 Å². The molecule has 0 radical (unpaired) electrons. The Labute approximate surface area is 222 Å². The van der Waals surface area contributed by atoms with Crippen LogP contribution < -0.4 is 5.32 Å². The molecule has 0 saturated carbocycles. The predicted molar refractivity (Wildman–Crippen MR) is 145 cm³/mol. The molecule has 37 heavy (non-hydrogen) atoms. The molecule has 5 rings (SSSR count). The van der Waals surface area contributed by atoms with E-state index in [0.29, 0.717) is 29.5 Å². The number of amides is 1. The smallest absolute Gasteiger partial charge is 0.255 e. The van der Waals surface area contributed by atoms with Gasteiger partial charge in [-0.15, -0.1) is 11.3 Å². The number of carbonyl (C=O) groups excluding carboxylic acids is 1. The van der Waals surface area contributed by atoms with Crippen LogP contribution in [0.15, 0.2) is 60.5 Å². The molecule has 1 aliphatic carbocycles. The highest BCUT2D eigenvalue weighted by Crippen LogP contribution is 2.34. The molecule has 1 aromatic carbocycles. The molecule has 7 nitrogen and oxygen atoms in total. The SMILES string of the molecule is Cc1ncnc(C)c1C(=O)NCc1ccc(CN(CCc2nccs2)C2CCCc3cccnc32)cc1. The lowest BCUT2D eigenvalue weighted by atomic mass is 9.90. The highest BCUT2D eigenvalue weighted by Gasteiger charge is 2.27. The van der Waals surface area contributed by atoms with Gasteiger partial charge in [-0.25, -0.2) is 15.0 Å². The van der Waals surface area contributed by atoms with Gasteiger partial charge in [0.25, 0.3) is 5.91 Å². The third kappa shape index (κ3) is 6.09. The summed E-state index contributed by atoms with van der Waals surface area (Å²) in [4.78, 5) is 32.9. The minimum Gasteiger partial charge on any atom is -0.348 e. The Hall–Kier alpha value is -3.49. The molecule has 1 amide bonds. The van der Waals surface area contributed by atoms with Gasteiger partial charge >= 0.3 is 0 Å².